The maximum Gasteiger partial charge on any atom is 0.433 e. The fraction of sp³-hybridized carbons (Fsp3) is 0.500. The number of nitrogens with zero attached hydrogens (tertiary/aromatic N) is 6. The first-order chi connectivity index (χ1) is 16.3. The molecule has 2 aromatic rings. The number of likely N-dealkylation sites (N-methyl/N-ethyl adjacent to an activating group) is 1. The molecule has 1 fully saturated rings. The molecule has 0 spiro atoms. The van der Waals surface area contributed by atoms with E-state index in [0.29, 0.717) is 5.56 Å². The molecule has 0 unspecified atom stereocenters. The van der Waals surface area contributed by atoms with E-state index in [1.165, 1.54) is 5.01 Å². The second kappa shape index (κ2) is 10.6. The highest BCUT2D eigenvalue weighted by molar-refractivity contribution is 5.95. The van der Waals surface area contributed by atoms with E-state index in [2.05, 4.69) is 32.2 Å². The number of alkyl halides is 3. The quantitative estimate of drug-likeness (QED) is 0.623. The van der Waals surface area contributed by atoms with Gasteiger partial charge in [0.2, 0.25) is 5.82 Å². The monoisotopic (exact) mass is 489 g/mol. The van der Waals surface area contributed by atoms with Crippen LogP contribution in [0.3, 0.4) is 0 Å². The van der Waals surface area contributed by atoms with Gasteiger partial charge in [-0.1, -0.05) is 32.9 Å². The molecular formula is C24H30F3N7O. The van der Waals surface area contributed by atoms with Gasteiger partial charge in [0.1, 0.15) is 6.07 Å². The van der Waals surface area contributed by atoms with Gasteiger partial charge in [-0.25, -0.2) is 4.98 Å². The smallest absolute Gasteiger partial charge is 0.304 e. The minimum absolute atomic E-state index is 0.152. The van der Waals surface area contributed by atoms with E-state index >= 15 is 0 Å². The summed E-state index contributed by atoms with van der Waals surface area (Å²) in [6, 6.07) is 9.42. The second-order valence-electron chi connectivity index (χ2n) is 9.91. The lowest BCUT2D eigenvalue weighted by atomic mass is 9.96. The molecule has 1 amide bonds. The van der Waals surface area contributed by atoms with Crippen molar-refractivity contribution in [3.63, 3.8) is 0 Å². The molecule has 0 atom stereocenters. The summed E-state index contributed by atoms with van der Waals surface area (Å²) in [5.41, 5.74) is 2.43. The van der Waals surface area contributed by atoms with E-state index in [9.17, 15) is 18.0 Å². The molecule has 0 radical (unpaired) electrons. The second-order valence-corrected chi connectivity index (χ2v) is 9.91. The molecule has 0 saturated carbocycles. The van der Waals surface area contributed by atoms with Gasteiger partial charge >= 0.3 is 6.18 Å². The van der Waals surface area contributed by atoms with Gasteiger partial charge in [0.25, 0.3) is 5.91 Å². The van der Waals surface area contributed by atoms with E-state index < -0.39 is 29.0 Å². The molecule has 1 N–H and O–H groups in total. The highest BCUT2D eigenvalue weighted by atomic mass is 19.4. The van der Waals surface area contributed by atoms with Crippen LogP contribution in [0.15, 0.2) is 30.3 Å². The molecule has 35 heavy (non-hydrogen) atoms. The third-order valence-electron chi connectivity index (χ3n) is 5.47. The maximum atomic E-state index is 13.3. The number of anilines is 1. The zero-order chi connectivity index (χ0) is 25.8. The molecule has 0 aliphatic carbocycles. The molecule has 11 heteroatoms. The maximum absolute atomic E-state index is 13.3. The number of rotatable bonds is 6. The molecule has 2 heterocycles. The average molecular weight is 490 g/mol. The fourth-order valence-corrected chi connectivity index (χ4v) is 3.63. The number of benzene rings is 1. The molecule has 0 bridgehead atoms. The number of hydrogen-bond acceptors (Lipinski definition) is 7. The zero-order valence-corrected chi connectivity index (χ0v) is 20.4. The molecular weight excluding hydrogens is 459 g/mol. The first-order valence-corrected chi connectivity index (χ1v) is 11.3. The van der Waals surface area contributed by atoms with E-state index in [1.54, 1.807) is 18.2 Å². The van der Waals surface area contributed by atoms with E-state index in [-0.39, 0.29) is 12.4 Å². The van der Waals surface area contributed by atoms with E-state index in [1.807, 2.05) is 32.9 Å². The van der Waals surface area contributed by atoms with Crippen LogP contribution in [0.1, 0.15) is 48.2 Å². The minimum Gasteiger partial charge on any atom is -0.304 e. The summed E-state index contributed by atoms with van der Waals surface area (Å²) >= 11 is 0. The Kier molecular flexibility index (Phi) is 7.97. The van der Waals surface area contributed by atoms with Crippen molar-refractivity contribution in [3.8, 4) is 6.07 Å². The number of halogens is 3. The van der Waals surface area contributed by atoms with Crippen molar-refractivity contribution < 1.29 is 18.0 Å². The van der Waals surface area contributed by atoms with Gasteiger partial charge in [0.05, 0.1) is 0 Å². The van der Waals surface area contributed by atoms with Gasteiger partial charge < -0.3 is 4.90 Å². The topological polar surface area (TPSA) is 88.4 Å². The standard InChI is InChI=1S/C24H30F3N7O/c1-23(2,3)16-34(21-13-19(24(25,26)27)29-20(14-28)30-21)31-22(35)18-7-5-17(6-8-18)15-33-11-9-32(4)10-12-33/h5-8,13H,9-12,15-16H2,1-4H3,(H,31,35). The van der Waals surface area contributed by atoms with E-state index in [0.717, 1.165) is 44.4 Å². The number of nitriles is 1. The summed E-state index contributed by atoms with van der Waals surface area (Å²) < 4.78 is 40.0. The Morgan fingerprint density at radius 2 is 1.74 bits per heavy atom. The van der Waals surface area contributed by atoms with Crippen LogP contribution in [0.25, 0.3) is 0 Å². The zero-order valence-electron chi connectivity index (χ0n) is 20.4. The Hall–Kier alpha value is -3.23. The van der Waals surface area contributed by atoms with Crippen LogP contribution < -0.4 is 10.4 Å². The number of carbonyl (C=O) groups is 1. The normalized spacial score (nSPS) is 15.5. The van der Waals surface area contributed by atoms with Gasteiger partial charge in [-0.3, -0.25) is 20.1 Å². The van der Waals surface area contributed by atoms with Crippen LogP contribution in [0.5, 0.6) is 0 Å². The van der Waals surface area contributed by atoms with Gasteiger partial charge in [0.15, 0.2) is 11.5 Å². The molecule has 8 nitrogen and oxygen atoms in total. The van der Waals surface area contributed by atoms with Crippen LogP contribution in [0, 0.1) is 16.7 Å². The Bertz CT molecular complexity index is 1070. The number of aromatic nitrogens is 2. The summed E-state index contributed by atoms with van der Waals surface area (Å²) in [5, 5.41) is 10.4. The highest BCUT2D eigenvalue weighted by Crippen LogP contribution is 2.30. The van der Waals surface area contributed by atoms with Crippen molar-refractivity contribution in [3.05, 3.63) is 53.0 Å². The summed E-state index contributed by atoms with van der Waals surface area (Å²) in [4.78, 5) is 24.8. The Balaban J connectivity index is 1.79. The summed E-state index contributed by atoms with van der Waals surface area (Å²) in [7, 11) is 2.10. The number of amides is 1. The number of piperazine rings is 1. The molecule has 1 aromatic carbocycles. The van der Waals surface area contributed by atoms with E-state index in [4.69, 9.17) is 5.26 Å². The SMILES string of the molecule is CN1CCN(Cc2ccc(C(=O)NN(CC(C)(C)C)c3cc(C(F)(F)F)nc(C#N)n3)cc2)CC1. The fourth-order valence-electron chi connectivity index (χ4n) is 3.63. The first kappa shape index (κ1) is 26.4. The number of nitrogens with one attached hydrogen (secondary N) is 1. The Labute approximate surface area is 203 Å². The molecule has 3 rings (SSSR count). The predicted octanol–water partition coefficient (Wildman–Crippen LogP) is 3.31. The van der Waals surface area contributed by atoms with Crippen LogP contribution in [-0.4, -0.2) is 65.4 Å². The highest BCUT2D eigenvalue weighted by Gasteiger charge is 2.35. The molecule has 1 aromatic heterocycles. The Morgan fingerprint density at radius 3 is 2.29 bits per heavy atom. The molecule has 1 aliphatic heterocycles. The van der Waals surface area contributed by atoms with Crippen molar-refractivity contribution in [2.75, 3.05) is 44.8 Å². The van der Waals surface area contributed by atoms with Crippen LogP contribution in [0.4, 0.5) is 19.0 Å². The third kappa shape index (κ3) is 7.63. The predicted molar refractivity (Wildman–Crippen MR) is 125 cm³/mol. The van der Waals surface area contributed by atoms with Gasteiger partial charge in [-0.05, 0) is 30.2 Å². The van der Waals surface area contributed by atoms with Gasteiger partial charge in [-0.2, -0.15) is 23.4 Å². The summed E-state index contributed by atoms with van der Waals surface area (Å²) in [5.74, 6) is -1.33. The van der Waals surface area contributed by atoms with Crippen molar-refractivity contribution >= 4 is 11.7 Å². The summed E-state index contributed by atoms with van der Waals surface area (Å²) in [6.45, 7) is 10.5. The van der Waals surface area contributed by atoms with Crippen molar-refractivity contribution in [1.82, 2.24) is 25.2 Å². The largest absolute Gasteiger partial charge is 0.433 e. The third-order valence-corrected chi connectivity index (χ3v) is 5.47. The van der Waals surface area contributed by atoms with Crippen molar-refractivity contribution in [1.29, 1.82) is 5.26 Å². The molecule has 1 saturated heterocycles. The van der Waals surface area contributed by atoms with Crippen LogP contribution in [-0.2, 0) is 12.7 Å². The number of carbonyl (C=O) groups excluding carboxylic acids is 1. The lowest BCUT2D eigenvalue weighted by Crippen LogP contribution is -2.47. The van der Waals surface area contributed by atoms with Crippen LogP contribution >= 0.6 is 0 Å². The average Bonchev–Trinajstić information content (AvgIpc) is 2.79. The lowest BCUT2D eigenvalue weighted by molar-refractivity contribution is -0.141. The number of hydrazine groups is 1. The first-order valence-electron chi connectivity index (χ1n) is 11.3. The minimum atomic E-state index is -4.76. The lowest BCUT2D eigenvalue weighted by Gasteiger charge is -2.32. The van der Waals surface area contributed by atoms with Crippen molar-refractivity contribution in [2.45, 2.75) is 33.5 Å². The van der Waals surface area contributed by atoms with Gasteiger partial charge in [0, 0.05) is 50.9 Å². The van der Waals surface area contributed by atoms with Crippen molar-refractivity contribution in [2.24, 2.45) is 5.41 Å². The number of hydrogen-bond donors (Lipinski definition) is 1. The molecule has 1 aliphatic rings. The Morgan fingerprint density at radius 1 is 1.11 bits per heavy atom. The van der Waals surface area contributed by atoms with Crippen LogP contribution in [0.2, 0.25) is 0 Å². The van der Waals surface area contributed by atoms with Gasteiger partial charge in [-0.15, -0.1) is 0 Å². The molecule has 188 valence electrons. The summed E-state index contributed by atoms with van der Waals surface area (Å²) in [6.07, 6.45) is -4.76.